The normalized spacial score (nSPS) is 11.7. The lowest BCUT2D eigenvalue weighted by Crippen LogP contribution is -2.40. The van der Waals surface area contributed by atoms with Gasteiger partial charge >= 0.3 is 0 Å². The van der Waals surface area contributed by atoms with Crippen molar-refractivity contribution in [2.24, 2.45) is 0 Å². The first-order valence-corrected chi connectivity index (χ1v) is 6.80. The van der Waals surface area contributed by atoms with E-state index in [9.17, 15) is 4.79 Å². The van der Waals surface area contributed by atoms with E-state index >= 15 is 0 Å². The van der Waals surface area contributed by atoms with E-state index in [0.717, 1.165) is 5.69 Å². The lowest BCUT2D eigenvalue weighted by molar-refractivity contribution is -0.124. The van der Waals surface area contributed by atoms with Crippen LogP contribution >= 0.6 is 0 Å². The van der Waals surface area contributed by atoms with Gasteiger partial charge in [0.2, 0.25) is 0 Å². The SMILES string of the molecule is CCN(C(=O)[C@H](C)Oc1ccccc1)c1ccccc1. The summed E-state index contributed by atoms with van der Waals surface area (Å²) in [5.41, 5.74) is 0.892. The number of likely N-dealkylation sites (N-methyl/N-ethyl adjacent to an activating group) is 1. The average Bonchev–Trinajstić information content (AvgIpc) is 2.50. The van der Waals surface area contributed by atoms with Crippen molar-refractivity contribution in [2.45, 2.75) is 20.0 Å². The molecule has 0 radical (unpaired) electrons. The molecule has 0 heterocycles. The van der Waals surface area contributed by atoms with E-state index in [4.69, 9.17) is 4.74 Å². The molecule has 3 nitrogen and oxygen atoms in total. The molecule has 20 heavy (non-hydrogen) atoms. The maximum Gasteiger partial charge on any atom is 0.267 e. The molecule has 0 aliphatic rings. The highest BCUT2D eigenvalue weighted by atomic mass is 16.5. The van der Waals surface area contributed by atoms with Gasteiger partial charge < -0.3 is 9.64 Å². The summed E-state index contributed by atoms with van der Waals surface area (Å²) in [6.07, 6.45) is -0.516. The second-order valence-electron chi connectivity index (χ2n) is 4.49. The van der Waals surface area contributed by atoms with E-state index in [0.29, 0.717) is 12.3 Å². The Kier molecular flexibility index (Phi) is 4.77. The van der Waals surface area contributed by atoms with Gasteiger partial charge in [-0.05, 0) is 38.1 Å². The van der Waals surface area contributed by atoms with Crippen molar-refractivity contribution in [2.75, 3.05) is 11.4 Å². The topological polar surface area (TPSA) is 29.5 Å². The van der Waals surface area contributed by atoms with Crippen LogP contribution < -0.4 is 9.64 Å². The Labute approximate surface area is 119 Å². The minimum absolute atomic E-state index is 0.0393. The predicted molar refractivity (Wildman–Crippen MR) is 81.0 cm³/mol. The van der Waals surface area contributed by atoms with E-state index in [1.54, 1.807) is 11.8 Å². The molecule has 0 unspecified atom stereocenters. The van der Waals surface area contributed by atoms with Crippen LogP contribution in [0.2, 0.25) is 0 Å². The maximum atomic E-state index is 12.5. The number of benzene rings is 2. The molecular formula is C17H19NO2. The Morgan fingerprint density at radius 2 is 1.60 bits per heavy atom. The zero-order chi connectivity index (χ0) is 14.4. The Hall–Kier alpha value is -2.29. The van der Waals surface area contributed by atoms with Gasteiger partial charge in [0, 0.05) is 12.2 Å². The first-order valence-electron chi connectivity index (χ1n) is 6.80. The van der Waals surface area contributed by atoms with Gasteiger partial charge in [-0.15, -0.1) is 0 Å². The fraction of sp³-hybridized carbons (Fsp3) is 0.235. The molecule has 0 fully saturated rings. The van der Waals surface area contributed by atoms with Crippen LogP contribution in [0.5, 0.6) is 5.75 Å². The first kappa shape index (κ1) is 14.1. The molecule has 0 aliphatic carbocycles. The molecule has 0 aliphatic heterocycles. The third-order valence-electron chi connectivity index (χ3n) is 3.05. The fourth-order valence-electron chi connectivity index (χ4n) is 2.05. The highest BCUT2D eigenvalue weighted by Crippen LogP contribution is 2.17. The summed E-state index contributed by atoms with van der Waals surface area (Å²) in [6, 6.07) is 19.0. The van der Waals surface area contributed by atoms with Crippen molar-refractivity contribution >= 4 is 11.6 Å². The number of nitrogens with zero attached hydrogens (tertiary/aromatic N) is 1. The van der Waals surface area contributed by atoms with E-state index < -0.39 is 6.10 Å². The summed E-state index contributed by atoms with van der Waals surface area (Å²) < 4.78 is 5.69. The van der Waals surface area contributed by atoms with Crippen LogP contribution in [0.15, 0.2) is 60.7 Å². The van der Waals surface area contributed by atoms with E-state index in [1.807, 2.05) is 67.6 Å². The molecule has 3 heteroatoms. The Bertz CT molecular complexity index is 539. The molecule has 1 atom stereocenters. The maximum absolute atomic E-state index is 12.5. The molecule has 2 aromatic carbocycles. The molecule has 0 saturated carbocycles. The summed E-state index contributed by atoms with van der Waals surface area (Å²) >= 11 is 0. The number of hydrogen-bond acceptors (Lipinski definition) is 2. The minimum atomic E-state index is -0.516. The second-order valence-corrected chi connectivity index (χ2v) is 4.49. The lowest BCUT2D eigenvalue weighted by atomic mass is 10.2. The van der Waals surface area contributed by atoms with E-state index in [2.05, 4.69) is 0 Å². The van der Waals surface area contributed by atoms with Crippen LogP contribution in [0.1, 0.15) is 13.8 Å². The van der Waals surface area contributed by atoms with Crippen molar-refractivity contribution in [3.05, 3.63) is 60.7 Å². The Morgan fingerprint density at radius 3 is 2.15 bits per heavy atom. The van der Waals surface area contributed by atoms with Gasteiger partial charge in [-0.3, -0.25) is 4.79 Å². The monoisotopic (exact) mass is 269 g/mol. The zero-order valence-corrected chi connectivity index (χ0v) is 11.8. The summed E-state index contributed by atoms with van der Waals surface area (Å²) in [5.74, 6) is 0.667. The fourth-order valence-corrected chi connectivity index (χ4v) is 2.05. The smallest absolute Gasteiger partial charge is 0.267 e. The summed E-state index contributed by atoms with van der Waals surface area (Å²) in [5, 5.41) is 0. The van der Waals surface area contributed by atoms with Crippen molar-refractivity contribution < 1.29 is 9.53 Å². The first-order chi connectivity index (χ1) is 9.72. The third kappa shape index (κ3) is 3.38. The van der Waals surface area contributed by atoms with Crippen molar-refractivity contribution in [1.29, 1.82) is 0 Å². The number of rotatable bonds is 5. The van der Waals surface area contributed by atoms with Crippen LogP contribution in [-0.2, 0) is 4.79 Å². The summed E-state index contributed by atoms with van der Waals surface area (Å²) in [7, 11) is 0. The highest BCUT2D eigenvalue weighted by molar-refractivity contribution is 5.96. The standard InChI is InChI=1S/C17H19NO2/c1-3-18(15-10-6-4-7-11-15)17(19)14(2)20-16-12-8-5-9-13-16/h4-14H,3H2,1-2H3/t14-/m0/s1. The van der Waals surface area contributed by atoms with Crippen LogP contribution in [0.25, 0.3) is 0 Å². The molecular weight excluding hydrogens is 250 g/mol. The molecule has 104 valence electrons. The van der Waals surface area contributed by atoms with E-state index in [1.165, 1.54) is 0 Å². The second kappa shape index (κ2) is 6.75. The summed E-state index contributed by atoms with van der Waals surface area (Å²) in [4.78, 5) is 14.2. The number of ether oxygens (including phenoxy) is 1. The van der Waals surface area contributed by atoms with Crippen LogP contribution in [-0.4, -0.2) is 18.6 Å². The van der Waals surface area contributed by atoms with Crippen LogP contribution in [0, 0.1) is 0 Å². The highest BCUT2D eigenvalue weighted by Gasteiger charge is 2.22. The zero-order valence-electron chi connectivity index (χ0n) is 11.8. The number of para-hydroxylation sites is 2. The van der Waals surface area contributed by atoms with Gasteiger partial charge in [-0.2, -0.15) is 0 Å². The third-order valence-corrected chi connectivity index (χ3v) is 3.05. The largest absolute Gasteiger partial charge is 0.481 e. The number of hydrogen-bond donors (Lipinski definition) is 0. The number of carbonyl (C=O) groups excluding carboxylic acids is 1. The quantitative estimate of drug-likeness (QED) is 0.831. The Balaban J connectivity index is 2.09. The van der Waals surface area contributed by atoms with Gasteiger partial charge in [0.25, 0.3) is 5.91 Å². The van der Waals surface area contributed by atoms with Gasteiger partial charge in [0.1, 0.15) is 5.75 Å². The number of carbonyl (C=O) groups is 1. The van der Waals surface area contributed by atoms with Crippen molar-refractivity contribution in [3.8, 4) is 5.75 Å². The van der Waals surface area contributed by atoms with Gasteiger partial charge in [0.05, 0.1) is 0 Å². The van der Waals surface area contributed by atoms with Crippen molar-refractivity contribution in [1.82, 2.24) is 0 Å². The van der Waals surface area contributed by atoms with Gasteiger partial charge in [-0.25, -0.2) is 0 Å². The average molecular weight is 269 g/mol. The van der Waals surface area contributed by atoms with E-state index in [-0.39, 0.29) is 5.91 Å². The van der Waals surface area contributed by atoms with Crippen molar-refractivity contribution in [3.63, 3.8) is 0 Å². The molecule has 1 amide bonds. The number of amides is 1. The number of anilines is 1. The molecule has 0 N–H and O–H groups in total. The molecule has 0 saturated heterocycles. The van der Waals surface area contributed by atoms with Crippen LogP contribution in [0.3, 0.4) is 0 Å². The minimum Gasteiger partial charge on any atom is -0.481 e. The molecule has 2 rings (SSSR count). The van der Waals surface area contributed by atoms with Gasteiger partial charge in [0.15, 0.2) is 6.10 Å². The summed E-state index contributed by atoms with van der Waals surface area (Å²) in [6.45, 7) is 4.35. The molecule has 0 bridgehead atoms. The molecule has 0 spiro atoms. The Morgan fingerprint density at radius 1 is 1.05 bits per heavy atom. The predicted octanol–water partition coefficient (Wildman–Crippen LogP) is 3.51. The molecule has 0 aromatic heterocycles. The lowest BCUT2D eigenvalue weighted by Gasteiger charge is -2.25. The van der Waals surface area contributed by atoms with Crippen LogP contribution in [0.4, 0.5) is 5.69 Å². The molecule has 2 aromatic rings. The van der Waals surface area contributed by atoms with Gasteiger partial charge in [-0.1, -0.05) is 36.4 Å².